The van der Waals surface area contributed by atoms with Crippen molar-refractivity contribution < 1.29 is 0 Å². The molecule has 10 heavy (non-hydrogen) atoms. The van der Waals surface area contributed by atoms with Gasteiger partial charge in [0.1, 0.15) is 0 Å². The van der Waals surface area contributed by atoms with Gasteiger partial charge in [0.25, 0.3) is 0 Å². The van der Waals surface area contributed by atoms with Gasteiger partial charge in [-0.3, -0.25) is 0 Å². The molecule has 0 amide bonds. The van der Waals surface area contributed by atoms with Gasteiger partial charge in [-0.15, -0.1) is 0 Å². The van der Waals surface area contributed by atoms with Crippen LogP contribution in [0.15, 0.2) is 0 Å². The molecule has 0 aromatic carbocycles. The SMILES string of the molecule is CC1(C)C2C[C@@H]3[C@@H](C2)C31C. The number of rotatable bonds is 0. The molecule has 0 heterocycles. The first kappa shape index (κ1) is 5.62. The minimum Gasteiger partial charge on any atom is -0.0591 e. The van der Waals surface area contributed by atoms with Gasteiger partial charge < -0.3 is 0 Å². The van der Waals surface area contributed by atoms with E-state index in [1.165, 1.54) is 0 Å². The van der Waals surface area contributed by atoms with Gasteiger partial charge in [-0.2, -0.15) is 0 Å². The molecule has 0 saturated heterocycles. The highest BCUT2D eigenvalue weighted by Gasteiger charge is 2.79. The molecule has 4 rings (SSSR count). The minimum absolute atomic E-state index is 0.697. The zero-order valence-electron chi connectivity index (χ0n) is 7.15. The molecule has 2 atom stereocenters. The summed E-state index contributed by atoms with van der Waals surface area (Å²) in [5.41, 5.74) is 1.49. The second-order valence-electron chi connectivity index (χ2n) is 5.39. The zero-order valence-corrected chi connectivity index (χ0v) is 7.15. The third-order valence-corrected chi connectivity index (χ3v) is 5.40. The lowest BCUT2D eigenvalue weighted by molar-refractivity contribution is 0.200. The van der Waals surface area contributed by atoms with Crippen LogP contribution in [0.1, 0.15) is 33.6 Å². The molecule has 4 aliphatic rings. The Bertz CT molecular complexity index is 187. The maximum Gasteiger partial charge on any atom is -0.0209 e. The van der Waals surface area contributed by atoms with Gasteiger partial charge in [0.15, 0.2) is 0 Å². The monoisotopic (exact) mass is 136 g/mol. The van der Waals surface area contributed by atoms with Crippen molar-refractivity contribution in [2.75, 3.05) is 0 Å². The van der Waals surface area contributed by atoms with Crippen molar-refractivity contribution >= 4 is 0 Å². The number of hydrogen-bond acceptors (Lipinski definition) is 0. The van der Waals surface area contributed by atoms with Crippen molar-refractivity contribution in [2.45, 2.75) is 33.6 Å². The molecule has 4 saturated carbocycles. The van der Waals surface area contributed by atoms with E-state index in [1.807, 2.05) is 0 Å². The molecule has 0 aliphatic heterocycles. The van der Waals surface area contributed by atoms with Crippen molar-refractivity contribution in [3.05, 3.63) is 0 Å². The average Bonchev–Trinajstić information content (AvgIpc) is 2.30. The number of hydrogen-bond donors (Lipinski definition) is 0. The summed E-state index contributed by atoms with van der Waals surface area (Å²) in [6.45, 7) is 7.50. The Kier molecular flexibility index (Phi) is 0.612. The molecule has 4 bridgehead atoms. The van der Waals surface area contributed by atoms with Crippen molar-refractivity contribution in [1.29, 1.82) is 0 Å². The Hall–Kier alpha value is 0. The van der Waals surface area contributed by atoms with Crippen molar-refractivity contribution in [1.82, 2.24) is 0 Å². The van der Waals surface area contributed by atoms with Gasteiger partial charge >= 0.3 is 0 Å². The highest BCUT2D eigenvalue weighted by molar-refractivity contribution is 5.27. The van der Waals surface area contributed by atoms with E-state index in [2.05, 4.69) is 20.8 Å². The zero-order chi connectivity index (χ0) is 7.15. The molecule has 0 aromatic heterocycles. The summed E-state index contributed by atoms with van der Waals surface area (Å²) >= 11 is 0. The Morgan fingerprint density at radius 1 is 1.00 bits per heavy atom. The molecule has 0 nitrogen and oxygen atoms in total. The van der Waals surface area contributed by atoms with Gasteiger partial charge in [0.05, 0.1) is 0 Å². The minimum atomic E-state index is 0.697. The molecule has 0 spiro atoms. The molecule has 0 radical (unpaired) electrons. The second kappa shape index (κ2) is 1.09. The van der Waals surface area contributed by atoms with Crippen molar-refractivity contribution in [3.8, 4) is 0 Å². The van der Waals surface area contributed by atoms with E-state index >= 15 is 0 Å². The predicted octanol–water partition coefficient (Wildman–Crippen LogP) is 2.69. The van der Waals surface area contributed by atoms with Crippen LogP contribution in [0.3, 0.4) is 0 Å². The summed E-state index contributed by atoms with van der Waals surface area (Å²) in [5, 5.41) is 0. The predicted molar refractivity (Wildman–Crippen MR) is 41.6 cm³/mol. The molecular weight excluding hydrogens is 120 g/mol. The first-order valence-corrected chi connectivity index (χ1v) is 4.58. The summed E-state index contributed by atoms with van der Waals surface area (Å²) in [6.07, 6.45) is 3.13. The molecule has 4 aliphatic carbocycles. The Balaban J connectivity index is 2.17. The van der Waals surface area contributed by atoms with E-state index in [9.17, 15) is 0 Å². The topological polar surface area (TPSA) is 0 Å². The van der Waals surface area contributed by atoms with Gasteiger partial charge in [-0.25, -0.2) is 0 Å². The molecule has 0 heteroatoms. The first-order chi connectivity index (χ1) is 4.58. The van der Waals surface area contributed by atoms with Gasteiger partial charge in [-0.1, -0.05) is 20.8 Å². The normalized spacial score (nSPS) is 66.9. The van der Waals surface area contributed by atoms with E-state index < -0.39 is 0 Å². The smallest absolute Gasteiger partial charge is 0.0209 e. The molecular formula is C10H16. The molecule has 0 aromatic rings. The lowest BCUT2D eigenvalue weighted by atomic mass is 9.76. The maximum atomic E-state index is 2.52. The van der Waals surface area contributed by atoms with Gasteiger partial charge in [-0.05, 0) is 41.4 Å². The van der Waals surface area contributed by atoms with Crippen molar-refractivity contribution in [2.24, 2.45) is 28.6 Å². The van der Waals surface area contributed by atoms with Crippen molar-refractivity contribution in [3.63, 3.8) is 0 Å². The highest BCUT2D eigenvalue weighted by Crippen LogP contribution is 2.85. The fourth-order valence-corrected chi connectivity index (χ4v) is 4.21. The van der Waals surface area contributed by atoms with E-state index in [0.29, 0.717) is 5.41 Å². The fraction of sp³-hybridized carbons (Fsp3) is 1.00. The Morgan fingerprint density at radius 3 is 1.60 bits per heavy atom. The summed E-state index contributed by atoms with van der Waals surface area (Å²) < 4.78 is 0. The third kappa shape index (κ3) is 0.286. The molecule has 0 unspecified atom stereocenters. The van der Waals surface area contributed by atoms with Gasteiger partial charge in [0, 0.05) is 0 Å². The largest absolute Gasteiger partial charge is 0.0591 e. The summed E-state index contributed by atoms with van der Waals surface area (Å²) in [4.78, 5) is 0. The van der Waals surface area contributed by atoms with Crippen LogP contribution in [0.2, 0.25) is 0 Å². The summed E-state index contributed by atoms with van der Waals surface area (Å²) in [6, 6.07) is 0. The van der Waals surface area contributed by atoms with E-state index in [-0.39, 0.29) is 0 Å². The van der Waals surface area contributed by atoms with Crippen LogP contribution in [0.5, 0.6) is 0 Å². The lowest BCUT2D eigenvalue weighted by Crippen LogP contribution is -2.22. The highest BCUT2D eigenvalue weighted by atomic mass is 14.8. The van der Waals surface area contributed by atoms with Gasteiger partial charge in [0.2, 0.25) is 0 Å². The lowest BCUT2D eigenvalue weighted by Gasteiger charge is -2.28. The van der Waals surface area contributed by atoms with Crippen LogP contribution < -0.4 is 0 Å². The van der Waals surface area contributed by atoms with Crippen LogP contribution in [0.4, 0.5) is 0 Å². The second-order valence-corrected chi connectivity index (χ2v) is 5.39. The Labute approximate surface area is 63.0 Å². The average molecular weight is 136 g/mol. The first-order valence-electron chi connectivity index (χ1n) is 4.58. The van der Waals surface area contributed by atoms with Crippen LogP contribution in [0.25, 0.3) is 0 Å². The maximum absolute atomic E-state index is 2.52. The summed E-state index contributed by atoms with van der Waals surface area (Å²) in [7, 11) is 0. The third-order valence-electron chi connectivity index (χ3n) is 5.40. The standard InChI is InChI=1S/C10H16/c1-9(2)6-4-7-8(5-6)10(7,9)3/h6-8H,4-5H2,1-3H3/t6?,7-,8-,10?/m1/s1. The quantitative estimate of drug-likeness (QED) is 0.480. The van der Waals surface area contributed by atoms with E-state index in [4.69, 9.17) is 0 Å². The van der Waals surface area contributed by atoms with E-state index in [1.54, 1.807) is 12.8 Å². The van der Waals surface area contributed by atoms with Crippen LogP contribution in [-0.2, 0) is 0 Å². The van der Waals surface area contributed by atoms with Crippen LogP contribution >= 0.6 is 0 Å². The molecule has 56 valence electrons. The Morgan fingerprint density at radius 2 is 1.50 bits per heavy atom. The van der Waals surface area contributed by atoms with Crippen LogP contribution in [-0.4, -0.2) is 0 Å². The summed E-state index contributed by atoms with van der Waals surface area (Å²) in [5.74, 6) is 3.38. The van der Waals surface area contributed by atoms with Crippen LogP contribution in [0, 0.1) is 28.6 Å². The van der Waals surface area contributed by atoms with E-state index in [0.717, 1.165) is 23.2 Å². The molecule has 0 N–H and O–H groups in total. The molecule has 4 fully saturated rings. The fourth-order valence-electron chi connectivity index (χ4n) is 4.21.